The van der Waals surface area contributed by atoms with Crippen LogP contribution in [-0.2, 0) is 6.54 Å². The largest absolute Gasteiger partial charge is 0.348 e. The normalized spacial score (nSPS) is 10.3. The van der Waals surface area contributed by atoms with Crippen LogP contribution < -0.4 is 10.6 Å². The molecule has 1 aromatic heterocycles. The Morgan fingerprint density at radius 3 is 2.52 bits per heavy atom. The van der Waals surface area contributed by atoms with Gasteiger partial charge in [0.2, 0.25) is 0 Å². The number of carbonyl (C=O) groups excluding carboxylic acids is 1. The Morgan fingerprint density at radius 2 is 1.80 bits per heavy atom. The van der Waals surface area contributed by atoms with Crippen molar-refractivity contribution in [3.05, 3.63) is 89.1 Å². The van der Waals surface area contributed by atoms with Crippen LogP contribution in [0.1, 0.15) is 27.0 Å². The summed E-state index contributed by atoms with van der Waals surface area (Å²) in [6.45, 7) is 4.60. The van der Waals surface area contributed by atoms with E-state index in [0.29, 0.717) is 17.9 Å². The number of amides is 1. The van der Waals surface area contributed by atoms with Crippen LogP contribution in [0.4, 0.5) is 11.5 Å². The molecule has 0 saturated heterocycles. The second-order valence-corrected chi connectivity index (χ2v) is 6.04. The molecule has 0 radical (unpaired) electrons. The fraction of sp³-hybridized carbons (Fsp3) is 0.143. The molecule has 126 valence electrons. The predicted molar refractivity (Wildman–Crippen MR) is 101 cm³/mol. The van der Waals surface area contributed by atoms with Crippen molar-refractivity contribution in [1.29, 1.82) is 0 Å². The van der Waals surface area contributed by atoms with Gasteiger partial charge in [0.05, 0.1) is 5.56 Å². The van der Waals surface area contributed by atoms with Crippen LogP contribution in [0.15, 0.2) is 66.9 Å². The van der Waals surface area contributed by atoms with Crippen LogP contribution in [0.5, 0.6) is 0 Å². The zero-order valence-electron chi connectivity index (χ0n) is 14.4. The third-order valence-electron chi connectivity index (χ3n) is 3.98. The summed E-state index contributed by atoms with van der Waals surface area (Å²) in [5.41, 5.74) is 4.97. The molecule has 4 nitrogen and oxygen atoms in total. The molecule has 4 heteroatoms. The quantitative estimate of drug-likeness (QED) is 0.730. The second-order valence-electron chi connectivity index (χ2n) is 6.04. The number of carbonyl (C=O) groups is 1. The third-order valence-corrected chi connectivity index (χ3v) is 3.98. The van der Waals surface area contributed by atoms with E-state index < -0.39 is 0 Å². The fourth-order valence-electron chi connectivity index (χ4n) is 2.49. The molecule has 0 fully saturated rings. The lowest BCUT2D eigenvalue weighted by molar-refractivity contribution is 0.0950. The number of nitrogens with one attached hydrogen (secondary N) is 2. The van der Waals surface area contributed by atoms with Crippen molar-refractivity contribution >= 4 is 17.4 Å². The van der Waals surface area contributed by atoms with Gasteiger partial charge in [-0.25, -0.2) is 4.98 Å². The number of hydrogen-bond donors (Lipinski definition) is 2. The molecule has 0 aliphatic carbocycles. The van der Waals surface area contributed by atoms with E-state index in [-0.39, 0.29) is 5.91 Å². The molecule has 0 atom stereocenters. The van der Waals surface area contributed by atoms with Gasteiger partial charge in [-0.1, -0.05) is 42.5 Å². The summed E-state index contributed by atoms with van der Waals surface area (Å²) in [6, 6.07) is 19.7. The van der Waals surface area contributed by atoms with Crippen molar-refractivity contribution in [1.82, 2.24) is 10.3 Å². The number of anilines is 2. The molecule has 0 aliphatic heterocycles. The van der Waals surface area contributed by atoms with Crippen molar-refractivity contribution in [2.75, 3.05) is 5.32 Å². The standard InChI is InChI=1S/C21H21N3O/c1-15-8-9-16(2)19(12-15)24-20-11-10-18(14-22-20)21(25)23-13-17-6-4-3-5-7-17/h3-12,14H,13H2,1-2H3,(H,22,24)(H,23,25). The van der Waals surface area contributed by atoms with Crippen LogP contribution in [0.3, 0.4) is 0 Å². The first-order valence-electron chi connectivity index (χ1n) is 8.24. The van der Waals surface area contributed by atoms with Crippen LogP contribution >= 0.6 is 0 Å². The van der Waals surface area contributed by atoms with Crippen LogP contribution in [0, 0.1) is 13.8 Å². The van der Waals surface area contributed by atoms with Gasteiger partial charge in [0.25, 0.3) is 5.91 Å². The topological polar surface area (TPSA) is 54.0 Å². The van der Waals surface area contributed by atoms with Crippen LogP contribution in [-0.4, -0.2) is 10.9 Å². The Balaban J connectivity index is 1.63. The minimum atomic E-state index is -0.130. The lowest BCUT2D eigenvalue weighted by Gasteiger charge is -2.10. The second kappa shape index (κ2) is 7.62. The molecule has 0 aliphatic rings. The Bertz CT molecular complexity index is 858. The number of benzene rings is 2. The SMILES string of the molecule is Cc1ccc(C)c(Nc2ccc(C(=O)NCc3ccccc3)cn2)c1. The first kappa shape index (κ1) is 16.7. The van der Waals surface area contributed by atoms with Gasteiger partial charge in [0, 0.05) is 18.4 Å². The maximum absolute atomic E-state index is 12.2. The van der Waals surface area contributed by atoms with Gasteiger partial charge in [-0.05, 0) is 48.7 Å². The molecule has 0 spiro atoms. The van der Waals surface area contributed by atoms with E-state index in [1.807, 2.05) is 43.3 Å². The molecule has 0 unspecified atom stereocenters. The zero-order valence-corrected chi connectivity index (χ0v) is 14.4. The molecular weight excluding hydrogens is 310 g/mol. The molecule has 2 aromatic carbocycles. The van der Waals surface area contributed by atoms with Crippen molar-refractivity contribution < 1.29 is 4.79 Å². The molecule has 0 saturated carbocycles. The van der Waals surface area contributed by atoms with E-state index in [1.54, 1.807) is 12.3 Å². The number of hydrogen-bond acceptors (Lipinski definition) is 3. The number of pyridine rings is 1. The first-order valence-corrected chi connectivity index (χ1v) is 8.24. The Hall–Kier alpha value is -3.14. The number of rotatable bonds is 5. The molecular formula is C21H21N3O. The van der Waals surface area contributed by atoms with E-state index in [2.05, 4.69) is 40.7 Å². The summed E-state index contributed by atoms with van der Waals surface area (Å²) in [5, 5.41) is 6.20. The molecule has 1 heterocycles. The summed E-state index contributed by atoms with van der Waals surface area (Å²) in [5.74, 6) is 0.586. The zero-order chi connectivity index (χ0) is 17.6. The lowest BCUT2D eigenvalue weighted by Crippen LogP contribution is -2.22. The van der Waals surface area contributed by atoms with Crippen molar-refractivity contribution in [2.45, 2.75) is 20.4 Å². The monoisotopic (exact) mass is 331 g/mol. The van der Waals surface area contributed by atoms with Gasteiger partial charge in [-0.3, -0.25) is 4.79 Å². The van der Waals surface area contributed by atoms with Crippen molar-refractivity contribution in [3.63, 3.8) is 0 Å². The highest BCUT2D eigenvalue weighted by atomic mass is 16.1. The van der Waals surface area contributed by atoms with E-state index in [0.717, 1.165) is 16.8 Å². The predicted octanol–water partition coefficient (Wildman–Crippen LogP) is 4.37. The minimum Gasteiger partial charge on any atom is -0.348 e. The Kier molecular flexibility index (Phi) is 5.09. The highest BCUT2D eigenvalue weighted by Gasteiger charge is 2.07. The van der Waals surface area contributed by atoms with E-state index in [9.17, 15) is 4.79 Å². The minimum absolute atomic E-state index is 0.130. The van der Waals surface area contributed by atoms with Crippen LogP contribution in [0.25, 0.3) is 0 Å². The molecule has 0 bridgehead atoms. The number of aryl methyl sites for hydroxylation is 2. The van der Waals surface area contributed by atoms with Gasteiger partial charge < -0.3 is 10.6 Å². The van der Waals surface area contributed by atoms with Gasteiger partial charge in [-0.15, -0.1) is 0 Å². The Morgan fingerprint density at radius 1 is 1.00 bits per heavy atom. The van der Waals surface area contributed by atoms with Gasteiger partial charge in [0.1, 0.15) is 5.82 Å². The van der Waals surface area contributed by atoms with Crippen molar-refractivity contribution in [3.8, 4) is 0 Å². The number of aromatic nitrogens is 1. The maximum atomic E-state index is 12.2. The highest BCUT2D eigenvalue weighted by molar-refractivity contribution is 5.94. The van der Waals surface area contributed by atoms with E-state index in [1.165, 1.54) is 5.56 Å². The van der Waals surface area contributed by atoms with E-state index in [4.69, 9.17) is 0 Å². The maximum Gasteiger partial charge on any atom is 0.253 e. The Labute approximate surface area is 147 Å². The summed E-state index contributed by atoms with van der Waals surface area (Å²) in [4.78, 5) is 16.6. The average Bonchev–Trinajstić information content (AvgIpc) is 2.64. The van der Waals surface area contributed by atoms with Crippen molar-refractivity contribution in [2.24, 2.45) is 0 Å². The summed E-state index contributed by atoms with van der Waals surface area (Å²) >= 11 is 0. The molecule has 25 heavy (non-hydrogen) atoms. The lowest BCUT2D eigenvalue weighted by atomic mass is 10.1. The molecule has 2 N–H and O–H groups in total. The smallest absolute Gasteiger partial charge is 0.253 e. The third kappa shape index (κ3) is 4.44. The van der Waals surface area contributed by atoms with Gasteiger partial charge in [-0.2, -0.15) is 0 Å². The molecule has 1 amide bonds. The summed E-state index contributed by atoms with van der Waals surface area (Å²) in [6.07, 6.45) is 1.59. The van der Waals surface area contributed by atoms with Gasteiger partial charge in [0.15, 0.2) is 0 Å². The summed E-state index contributed by atoms with van der Waals surface area (Å²) < 4.78 is 0. The van der Waals surface area contributed by atoms with Crippen LogP contribution in [0.2, 0.25) is 0 Å². The highest BCUT2D eigenvalue weighted by Crippen LogP contribution is 2.20. The average molecular weight is 331 g/mol. The molecule has 3 rings (SSSR count). The molecule has 3 aromatic rings. The van der Waals surface area contributed by atoms with Gasteiger partial charge >= 0.3 is 0 Å². The number of nitrogens with zero attached hydrogens (tertiary/aromatic N) is 1. The van der Waals surface area contributed by atoms with E-state index >= 15 is 0 Å². The fourth-order valence-corrected chi connectivity index (χ4v) is 2.49. The summed E-state index contributed by atoms with van der Waals surface area (Å²) in [7, 11) is 0. The first-order chi connectivity index (χ1) is 12.1.